The van der Waals surface area contributed by atoms with Gasteiger partial charge in [0.15, 0.2) is 0 Å². The largest absolute Gasteiger partial charge is 0.493 e. The molecule has 2 fully saturated rings. The zero-order chi connectivity index (χ0) is 27.7. The van der Waals surface area contributed by atoms with E-state index in [-0.39, 0.29) is 23.6 Å². The summed E-state index contributed by atoms with van der Waals surface area (Å²) >= 11 is 0. The van der Waals surface area contributed by atoms with Crippen molar-refractivity contribution in [2.45, 2.75) is 77.0 Å². The number of carbonyl (C=O) groups excluding carboxylic acids is 2. The average molecular weight is 542 g/mol. The molecule has 0 bridgehead atoms. The molecule has 2 saturated carbocycles. The Hall–Kier alpha value is -3.60. The van der Waals surface area contributed by atoms with Crippen molar-refractivity contribution in [3.63, 3.8) is 0 Å². The summed E-state index contributed by atoms with van der Waals surface area (Å²) in [6, 6.07) is 4.19. The summed E-state index contributed by atoms with van der Waals surface area (Å²) in [5.41, 5.74) is 2.53. The average Bonchev–Trinajstić information content (AvgIpc) is 3.67. The zero-order valence-electron chi connectivity index (χ0n) is 22.0. The van der Waals surface area contributed by atoms with Crippen LogP contribution in [0.4, 0.5) is 8.78 Å². The van der Waals surface area contributed by atoms with E-state index in [4.69, 9.17) is 4.74 Å². The van der Waals surface area contributed by atoms with Crippen molar-refractivity contribution in [1.29, 1.82) is 0 Å². The number of halogens is 2. The Labute approximate surface area is 224 Å². The van der Waals surface area contributed by atoms with Crippen LogP contribution in [0, 0.1) is 12.8 Å². The first-order valence-electron chi connectivity index (χ1n) is 13.4. The predicted molar refractivity (Wildman–Crippen MR) is 141 cm³/mol. The van der Waals surface area contributed by atoms with Gasteiger partial charge >= 0.3 is 0 Å². The monoisotopic (exact) mass is 541 g/mol. The fourth-order valence-corrected chi connectivity index (χ4v) is 5.05. The molecular weight excluding hydrogens is 508 g/mol. The molecule has 4 N–H and O–H groups in total. The fourth-order valence-electron chi connectivity index (χ4n) is 5.05. The summed E-state index contributed by atoms with van der Waals surface area (Å²) in [7, 11) is 0. The molecule has 11 heteroatoms. The predicted octanol–water partition coefficient (Wildman–Crippen LogP) is 4.20. The van der Waals surface area contributed by atoms with Gasteiger partial charge in [-0.2, -0.15) is 0 Å². The summed E-state index contributed by atoms with van der Waals surface area (Å²) in [5, 5.41) is 15.3. The Kier molecular flexibility index (Phi) is 7.79. The number of rotatable bonds is 9. The van der Waals surface area contributed by atoms with Gasteiger partial charge in [0.2, 0.25) is 5.91 Å². The van der Waals surface area contributed by atoms with E-state index in [1.54, 1.807) is 13.0 Å². The lowest BCUT2D eigenvalue weighted by Gasteiger charge is -2.30. The molecule has 208 valence electrons. The molecule has 2 heterocycles. The summed E-state index contributed by atoms with van der Waals surface area (Å²) in [5.74, 6) is 0.258. The van der Waals surface area contributed by atoms with Crippen LogP contribution in [0.1, 0.15) is 73.5 Å². The van der Waals surface area contributed by atoms with Crippen molar-refractivity contribution >= 4 is 22.8 Å². The highest BCUT2D eigenvalue weighted by Gasteiger charge is 2.28. The minimum atomic E-state index is -2.65. The van der Waals surface area contributed by atoms with Gasteiger partial charge in [-0.1, -0.05) is 0 Å². The zero-order valence-corrected chi connectivity index (χ0v) is 22.0. The minimum Gasteiger partial charge on any atom is -0.493 e. The second-order valence-corrected chi connectivity index (χ2v) is 10.6. The number of alkyl halides is 2. The van der Waals surface area contributed by atoms with Gasteiger partial charge in [0.25, 0.3) is 12.3 Å². The number of ether oxygens (including phenoxy) is 1. The lowest BCUT2D eigenvalue weighted by atomic mass is 9.90. The SMILES string of the molecule is Cc1[nH]c2c(-c3cc(C(F)F)ccc3OCC3CC3)ncnc2c1C(=O)N[C@H]1CC[C@H](NC(=O)[C@H](C)O)CC1. The summed E-state index contributed by atoms with van der Waals surface area (Å²) in [4.78, 5) is 37.1. The number of aryl methyl sites for hydroxylation is 1. The molecule has 0 aliphatic heterocycles. The number of hydrogen-bond donors (Lipinski definition) is 4. The first kappa shape index (κ1) is 27.0. The highest BCUT2D eigenvalue weighted by atomic mass is 19.3. The second-order valence-electron chi connectivity index (χ2n) is 10.6. The summed E-state index contributed by atoms with van der Waals surface area (Å²) < 4.78 is 33.2. The van der Waals surface area contributed by atoms with E-state index in [1.165, 1.54) is 25.4 Å². The number of hydrogen-bond acceptors (Lipinski definition) is 6. The van der Waals surface area contributed by atoms with Crippen molar-refractivity contribution in [3.05, 3.63) is 41.3 Å². The topological polar surface area (TPSA) is 129 Å². The molecule has 0 spiro atoms. The van der Waals surface area contributed by atoms with E-state index in [0.29, 0.717) is 77.5 Å². The highest BCUT2D eigenvalue weighted by molar-refractivity contribution is 6.09. The van der Waals surface area contributed by atoms with Gasteiger partial charge < -0.3 is 25.5 Å². The van der Waals surface area contributed by atoms with Crippen LogP contribution in [0.3, 0.4) is 0 Å². The Bertz CT molecular complexity index is 1360. The van der Waals surface area contributed by atoms with Crippen molar-refractivity contribution in [3.8, 4) is 17.0 Å². The number of nitrogens with one attached hydrogen (secondary N) is 3. The Morgan fingerprint density at radius 3 is 2.44 bits per heavy atom. The number of amides is 2. The number of aliphatic hydroxyl groups is 1. The molecule has 2 aromatic heterocycles. The normalized spacial score (nSPS) is 20.2. The molecule has 39 heavy (non-hydrogen) atoms. The quantitative estimate of drug-likeness (QED) is 0.321. The molecule has 1 atom stereocenters. The smallest absolute Gasteiger partial charge is 0.263 e. The molecule has 5 rings (SSSR count). The first-order chi connectivity index (χ1) is 18.7. The van der Waals surface area contributed by atoms with Gasteiger partial charge in [0.1, 0.15) is 29.4 Å². The Morgan fingerprint density at radius 1 is 1.10 bits per heavy atom. The van der Waals surface area contributed by atoms with Crippen molar-refractivity contribution < 1.29 is 28.2 Å². The maximum Gasteiger partial charge on any atom is 0.263 e. The number of H-pyrrole nitrogens is 1. The minimum absolute atomic E-state index is 0.0364. The van der Waals surface area contributed by atoms with E-state index in [9.17, 15) is 23.5 Å². The van der Waals surface area contributed by atoms with Crippen LogP contribution in [-0.4, -0.2) is 56.7 Å². The summed E-state index contributed by atoms with van der Waals surface area (Å²) in [6.07, 6.45) is 2.54. The van der Waals surface area contributed by atoms with Gasteiger partial charge in [0.05, 0.1) is 17.7 Å². The lowest BCUT2D eigenvalue weighted by Crippen LogP contribution is -2.46. The maximum atomic E-state index is 13.6. The van der Waals surface area contributed by atoms with Crippen LogP contribution in [0.15, 0.2) is 24.5 Å². The third-order valence-corrected chi connectivity index (χ3v) is 7.47. The molecule has 3 aromatic rings. The fraction of sp³-hybridized carbons (Fsp3) is 0.500. The van der Waals surface area contributed by atoms with Gasteiger partial charge in [-0.3, -0.25) is 9.59 Å². The van der Waals surface area contributed by atoms with Crippen LogP contribution in [0.5, 0.6) is 5.75 Å². The number of benzene rings is 1. The number of aromatic amines is 1. The van der Waals surface area contributed by atoms with Gasteiger partial charge in [0, 0.05) is 28.9 Å². The molecule has 0 saturated heterocycles. The molecule has 2 aliphatic rings. The Balaban J connectivity index is 1.38. The van der Waals surface area contributed by atoms with Crippen LogP contribution < -0.4 is 15.4 Å². The first-order valence-corrected chi connectivity index (χ1v) is 13.4. The number of nitrogens with zero attached hydrogens (tertiary/aromatic N) is 2. The summed E-state index contributed by atoms with van der Waals surface area (Å²) in [6.45, 7) is 3.71. The van der Waals surface area contributed by atoms with Crippen LogP contribution >= 0.6 is 0 Å². The van der Waals surface area contributed by atoms with E-state index >= 15 is 0 Å². The van der Waals surface area contributed by atoms with E-state index in [1.807, 2.05) is 0 Å². The number of aromatic nitrogens is 3. The molecule has 9 nitrogen and oxygen atoms in total. The van der Waals surface area contributed by atoms with Crippen molar-refractivity contribution in [2.75, 3.05) is 6.61 Å². The lowest BCUT2D eigenvalue weighted by molar-refractivity contribution is -0.129. The van der Waals surface area contributed by atoms with E-state index in [0.717, 1.165) is 12.8 Å². The number of fused-ring (bicyclic) bond motifs is 1. The molecule has 1 aromatic carbocycles. The molecular formula is C28H33F2N5O4. The second kappa shape index (κ2) is 11.3. The third kappa shape index (κ3) is 6.03. The van der Waals surface area contributed by atoms with Crippen molar-refractivity contribution in [2.24, 2.45) is 5.92 Å². The standard InChI is InChI=1S/C28H33F2N5O4/c1-14-22(28(38)35-19-8-6-18(7-9-19)34-27(37)15(2)36)24-25(33-14)23(31-13-32-24)20-11-17(26(29)30)5-10-21(20)39-12-16-3-4-16/h5,10-11,13,15-16,18-19,26,33,36H,3-4,6-9,12H2,1-2H3,(H,34,37)(H,35,38)/t15-,18-,19-/m0/s1. The maximum absolute atomic E-state index is 13.6. The van der Waals surface area contributed by atoms with Crippen LogP contribution in [0.2, 0.25) is 0 Å². The van der Waals surface area contributed by atoms with Gasteiger partial charge in [-0.05, 0) is 76.5 Å². The van der Waals surface area contributed by atoms with Gasteiger partial charge in [-0.25, -0.2) is 18.7 Å². The Morgan fingerprint density at radius 2 is 1.79 bits per heavy atom. The molecule has 0 radical (unpaired) electrons. The third-order valence-electron chi connectivity index (χ3n) is 7.47. The molecule has 0 unspecified atom stereocenters. The van der Waals surface area contributed by atoms with Crippen LogP contribution in [0.25, 0.3) is 22.3 Å². The van der Waals surface area contributed by atoms with E-state index < -0.39 is 18.4 Å². The van der Waals surface area contributed by atoms with Gasteiger partial charge in [-0.15, -0.1) is 0 Å². The number of aliphatic hydroxyl groups excluding tert-OH is 1. The van der Waals surface area contributed by atoms with Crippen LogP contribution in [-0.2, 0) is 4.79 Å². The van der Waals surface area contributed by atoms with E-state index in [2.05, 4.69) is 25.6 Å². The number of carbonyl (C=O) groups is 2. The highest BCUT2D eigenvalue weighted by Crippen LogP contribution is 2.38. The molecule has 2 amide bonds. The molecule has 2 aliphatic carbocycles. The van der Waals surface area contributed by atoms with Crippen molar-refractivity contribution in [1.82, 2.24) is 25.6 Å².